The van der Waals surface area contributed by atoms with Gasteiger partial charge in [-0.2, -0.15) is 5.10 Å². The third kappa shape index (κ3) is 3.93. The zero-order valence-corrected chi connectivity index (χ0v) is 15.4. The Bertz CT molecular complexity index is 1080. The molecule has 4 aromatic rings. The lowest BCUT2D eigenvalue weighted by molar-refractivity contribution is 0.947. The van der Waals surface area contributed by atoms with E-state index in [1.165, 1.54) is 6.07 Å². The van der Waals surface area contributed by atoms with Gasteiger partial charge in [-0.25, -0.2) is 15.0 Å². The first-order valence-electron chi connectivity index (χ1n) is 8.47. The van der Waals surface area contributed by atoms with Gasteiger partial charge in [-0.1, -0.05) is 13.0 Å². The van der Waals surface area contributed by atoms with E-state index in [0.29, 0.717) is 30.4 Å². The summed E-state index contributed by atoms with van der Waals surface area (Å²) < 4.78 is 0. The summed E-state index contributed by atoms with van der Waals surface area (Å²) in [5.41, 5.74) is 1.35. The van der Waals surface area contributed by atoms with Gasteiger partial charge in [0.15, 0.2) is 5.82 Å². The fourth-order valence-electron chi connectivity index (χ4n) is 2.53. The number of aromatic nitrogens is 6. The Balaban J connectivity index is 1.44. The first-order valence-corrected chi connectivity index (χ1v) is 9.35. The summed E-state index contributed by atoms with van der Waals surface area (Å²) in [6, 6.07) is 9.17. The molecule has 0 radical (unpaired) electrons. The number of pyridine rings is 1. The lowest BCUT2D eigenvalue weighted by Crippen LogP contribution is -2.10. The molecule has 4 rings (SSSR count). The SMILES string of the molecule is CCc1cc(=O)[nH]c(-c2ccc(NCc3nc(-c4cccs4)n[nH]3)nc2)n1. The molecule has 0 bridgehead atoms. The molecule has 0 spiro atoms. The molecule has 0 aliphatic carbocycles. The van der Waals surface area contributed by atoms with Crippen LogP contribution in [0.3, 0.4) is 0 Å². The molecule has 0 unspecified atom stereocenters. The summed E-state index contributed by atoms with van der Waals surface area (Å²) >= 11 is 1.60. The highest BCUT2D eigenvalue weighted by molar-refractivity contribution is 7.13. The second kappa shape index (κ2) is 7.50. The Morgan fingerprint density at radius 1 is 1.22 bits per heavy atom. The Hall–Kier alpha value is -3.33. The van der Waals surface area contributed by atoms with Crippen molar-refractivity contribution < 1.29 is 0 Å². The lowest BCUT2D eigenvalue weighted by Gasteiger charge is -2.05. The van der Waals surface area contributed by atoms with Crippen LogP contribution in [0.25, 0.3) is 22.1 Å². The number of H-pyrrole nitrogens is 2. The number of hydrogen-bond acceptors (Lipinski definition) is 7. The van der Waals surface area contributed by atoms with E-state index >= 15 is 0 Å². The van der Waals surface area contributed by atoms with E-state index in [1.54, 1.807) is 17.5 Å². The molecule has 4 heterocycles. The molecule has 0 aliphatic heterocycles. The standard InChI is InChI=1S/C18H17N7OS/c1-2-12-8-16(26)23-17(21-12)11-5-6-14(19-9-11)20-10-15-22-18(25-24-15)13-4-3-7-27-13/h3-9H,2,10H2,1H3,(H,19,20)(H,21,23,26)(H,22,24,25). The number of hydrogen-bond donors (Lipinski definition) is 3. The average molecular weight is 379 g/mol. The van der Waals surface area contributed by atoms with E-state index in [2.05, 4.69) is 35.5 Å². The molecular formula is C18H17N7OS. The van der Waals surface area contributed by atoms with Crippen LogP contribution in [0.15, 0.2) is 46.7 Å². The highest BCUT2D eigenvalue weighted by Crippen LogP contribution is 2.20. The van der Waals surface area contributed by atoms with E-state index in [4.69, 9.17) is 0 Å². The number of nitrogens with one attached hydrogen (secondary N) is 3. The average Bonchev–Trinajstić information content (AvgIpc) is 3.38. The fourth-order valence-corrected chi connectivity index (χ4v) is 3.19. The maximum absolute atomic E-state index is 11.7. The van der Waals surface area contributed by atoms with Gasteiger partial charge in [0.25, 0.3) is 5.56 Å². The van der Waals surface area contributed by atoms with Gasteiger partial charge >= 0.3 is 0 Å². The predicted octanol–water partition coefficient (Wildman–Crippen LogP) is 2.85. The Labute approximate surface area is 158 Å². The van der Waals surface area contributed by atoms with E-state index in [1.807, 2.05) is 36.6 Å². The van der Waals surface area contributed by atoms with Crippen LogP contribution in [0.4, 0.5) is 5.82 Å². The molecule has 0 saturated heterocycles. The number of nitrogens with zero attached hydrogens (tertiary/aromatic N) is 4. The third-order valence-corrected chi connectivity index (χ3v) is 4.77. The summed E-state index contributed by atoms with van der Waals surface area (Å²) in [6.45, 7) is 2.44. The van der Waals surface area contributed by atoms with Crippen molar-refractivity contribution in [2.45, 2.75) is 19.9 Å². The molecule has 9 heteroatoms. The van der Waals surface area contributed by atoms with E-state index in [9.17, 15) is 4.79 Å². The highest BCUT2D eigenvalue weighted by Gasteiger charge is 2.07. The van der Waals surface area contributed by atoms with Crippen molar-refractivity contribution in [2.24, 2.45) is 0 Å². The van der Waals surface area contributed by atoms with Crippen molar-refractivity contribution in [3.05, 3.63) is 63.8 Å². The summed E-state index contributed by atoms with van der Waals surface area (Å²) in [7, 11) is 0. The number of anilines is 1. The van der Waals surface area contributed by atoms with Gasteiger partial charge in [-0.05, 0) is 30.0 Å². The zero-order valence-electron chi connectivity index (χ0n) is 14.6. The first-order chi connectivity index (χ1) is 13.2. The number of aromatic amines is 2. The maximum atomic E-state index is 11.7. The van der Waals surface area contributed by atoms with Crippen LogP contribution in [0.2, 0.25) is 0 Å². The first kappa shape index (κ1) is 17.1. The molecule has 27 heavy (non-hydrogen) atoms. The quantitative estimate of drug-likeness (QED) is 0.475. The lowest BCUT2D eigenvalue weighted by atomic mass is 10.2. The minimum Gasteiger partial charge on any atom is -0.363 e. The van der Waals surface area contributed by atoms with Crippen molar-refractivity contribution in [3.8, 4) is 22.1 Å². The topological polar surface area (TPSA) is 112 Å². The van der Waals surface area contributed by atoms with Crippen LogP contribution in [-0.4, -0.2) is 30.1 Å². The number of aryl methyl sites for hydroxylation is 1. The maximum Gasteiger partial charge on any atom is 0.251 e. The van der Waals surface area contributed by atoms with Gasteiger partial charge < -0.3 is 10.3 Å². The Morgan fingerprint density at radius 2 is 2.15 bits per heavy atom. The van der Waals surface area contributed by atoms with Crippen LogP contribution < -0.4 is 10.9 Å². The van der Waals surface area contributed by atoms with Crippen LogP contribution >= 0.6 is 11.3 Å². The summed E-state index contributed by atoms with van der Waals surface area (Å²) in [6.07, 6.45) is 2.38. The zero-order chi connectivity index (χ0) is 18.6. The molecule has 3 N–H and O–H groups in total. The molecule has 0 atom stereocenters. The number of rotatable bonds is 6. The second-order valence-corrected chi connectivity index (χ2v) is 6.76. The van der Waals surface area contributed by atoms with Crippen molar-refractivity contribution in [1.82, 2.24) is 30.1 Å². The monoisotopic (exact) mass is 379 g/mol. The van der Waals surface area contributed by atoms with Gasteiger partial charge in [-0.3, -0.25) is 9.89 Å². The van der Waals surface area contributed by atoms with Crippen LogP contribution in [0.5, 0.6) is 0 Å². The molecule has 4 aromatic heterocycles. The summed E-state index contributed by atoms with van der Waals surface area (Å²) in [4.78, 5) is 28.8. The predicted molar refractivity (Wildman–Crippen MR) is 104 cm³/mol. The molecule has 8 nitrogen and oxygen atoms in total. The normalized spacial score (nSPS) is 10.9. The molecule has 0 aromatic carbocycles. The molecule has 0 saturated carbocycles. The minimum atomic E-state index is -0.161. The van der Waals surface area contributed by atoms with Gasteiger partial charge in [0, 0.05) is 23.5 Å². The van der Waals surface area contributed by atoms with E-state index in [-0.39, 0.29) is 5.56 Å². The van der Waals surface area contributed by atoms with E-state index < -0.39 is 0 Å². The van der Waals surface area contributed by atoms with Crippen LogP contribution in [-0.2, 0) is 13.0 Å². The van der Waals surface area contributed by atoms with Gasteiger partial charge in [0.1, 0.15) is 17.5 Å². The van der Waals surface area contributed by atoms with Gasteiger partial charge in [0.2, 0.25) is 0 Å². The minimum absolute atomic E-state index is 0.161. The summed E-state index contributed by atoms with van der Waals surface area (Å²) in [5.74, 6) is 2.64. The molecule has 0 amide bonds. The van der Waals surface area contributed by atoms with Crippen molar-refractivity contribution in [1.29, 1.82) is 0 Å². The number of thiophene rings is 1. The van der Waals surface area contributed by atoms with Crippen LogP contribution in [0, 0.1) is 0 Å². The fraction of sp³-hybridized carbons (Fsp3) is 0.167. The third-order valence-electron chi connectivity index (χ3n) is 3.90. The van der Waals surface area contributed by atoms with Gasteiger partial charge in [-0.15, -0.1) is 11.3 Å². The molecular weight excluding hydrogens is 362 g/mol. The van der Waals surface area contributed by atoms with E-state index in [0.717, 1.165) is 22.0 Å². The van der Waals surface area contributed by atoms with Crippen molar-refractivity contribution in [2.75, 3.05) is 5.32 Å². The molecule has 0 aliphatic rings. The largest absolute Gasteiger partial charge is 0.363 e. The summed E-state index contributed by atoms with van der Waals surface area (Å²) in [5, 5.41) is 12.3. The van der Waals surface area contributed by atoms with Gasteiger partial charge in [0.05, 0.1) is 11.4 Å². The van der Waals surface area contributed by atoms with Crippen LogP contribution in [0.1, 0.15) is 18.4 Å². The second-order valence-electron chi connectivity index (χ2n) is 5.81. The Morgan fingerprint density at radius 3 is 2.89 bits per heavy atom. The molecule has 0 fully saturated rings. The smallest absolute Gasteiger partial charge is 0.251 e. The highest BCUT2D eigenvalue weighted by atomic mass is 32.1. The van der Waals surface area contributed by atoms with Crippen molar-refractivity contribution >= 4 is 17.2 Å². The molecule has 136 valence electrons. The Kier molecular flexibility index (Phi) is 4.75. The van der Waals surface area contributed by atoms with Crippen molar-refractivity contribution in [3.63, 3.8) is 0 Å².